The minimum atomic E-state index is -0.187. The molecular weight excluding hydrogens is 256 g/mol. The fourth-order valence-corrected chi connectivity index (χ4v) is 1.90. The smallest absolute Gasteiger partial charge is 0.0615 e. The van der Waals surface area contributed by atoms with Crippen molar-refractivity contribution in [1.29, 1.82) is 0 Å². The second-order valence-corrected chi connectivity index (χ2v) is 5.39. The SMILES string of the molecule is C=CC(C)(C=C)c1ccc(NC(C)C(C)=N/C=C\C)cc1. The van der Waals surface area contributed by atoms with Gasteiger partial charge in [-0.1, -0.05) is 30.4 Å². The number of nitrogens with zero attached hydrogens (tertiary/aromatic N) is 1. The van der Waals surface area contributed by atoms with Crippen molar-refractivity contribution >= 4 is 11.4 Å². The van der Waals surface area contributed by atoms with Gasteiger partial charge in [-0.3, -0.25) is 4.99 Å². The Bertz CT molecular complexity index is 527. The molecule has 0 fully saturated rings. The van der Waals surface area contributed by atoms with E-state index >= 15 is 0 Å². The number of nitrogens with one attached hydrogen (secondary N) is 1. The Kier molecular flexibility index (Phi) is 6.16. The Morgan fingerprint density at radius 1 is 1.24 bits per heavy atom. The Hall–Kier alpha value is -2.09. The van der Waals surface area contributed by atoms with E-state index in [2.05, 4.69) is 61.6 Å². The molecule has 1 aromatic carbocycles. The molecule has 21 heavy (non-hydrogen) atoms. The average molecular weight is 282 g/mol. The summed E-state index contributed by atoms with van der Waals surface area (Å²) in [4.78, 5) is 4.37. The Labute approximate surface area is 129 Å². The Morgan fingerprint density at radius 3 is 2.29 bits per heavy atom. The maximum atomic E-state index is 4.37. The lowest BCUT2D eigenvalue weighted by Crippen LogP contribution is -2.23. The fraction of sp³-hybridized carbons (Fsp3) is 0.316. The van der Waals surface area contributed by atoms with Crippen molar-refractivity contribution in [3.8, 4) is 0 Å². The molecule has 1 aromatic rings. The van der Waals surface area contributed by atoms with Gasteiger partial charge in [0, 0.05) is 23.0 Å². The number of hydrogen-bond donors (Lipinski definition) is 1. The quantitative estimate of drug-likeness (QED) is 0.545. The highest BCUT2D eigenvalue weighted by Crippen LogP contribution is 2.27. The monoisotopic (exact) mass is 282 g/mol. The molecule has 0 aliphatic rings. The normalized spacial score (nSPS) is 14.0. The van der Waals surface area contributed by atoms with Crippen LogP contribution in [-0.4, -0.2) is 11.8 Å². The van der Waals surface area contributed by atoms with Gasteiger partial charge in [0.25, 0.3) is 0 Å². The zero-order valence-electron chi connectivity index (χ0n) is 13.6. The molecule has 0 aliphatic heterocycles. The lowest BCUT2D eigenvalue weighted by Gasteiger charge is -2.22. The minimum Gasteiger partial charge on any atom is -0.377 e. The van der Waals surface area contributed by atoms with Crippen LogP contribution in [0.1, 0.15) is 33.3 Å². The van der Waals surface area contributed by atoms with E-state index in [4.69, 9.17) is 0 Å². The first-order chi connectivity index (χ1) is 9.96. The molecule has 0 saturated carbocycles. The topological polar surface area (TPSA) is 24.4 Å². The summed E-state index contributed by atoms with van der Waals surface area (Å²) in [7, 11) is 0. The van der Waals surface area contributed by atoms with Crippen LogP contribution in [0.25, 0.3) is 0 Å². The largest absolute Gasteiger partial charge is 0.377 e. The van der Waals surface area contributed by atoms with Crippen LogP contribution in [0.3, 0.4) is 0 Å². The lowest BCUT2D eigenvalue weighted by molar-refractivity contribution is 0.762. The molecule has 0 saturated heterocycles. The number of rotatable bonds is 7. The third-order valence-corrected chi connectivity index (χ3v) is 3.79. The average Bonchev–Trinajstić information content (AvgIpc) is 2.52. The van der Waals surface area contributed by atoms with E-state index in [-0.39, 0.29) is 11.5 Å². The van der Waals surface area contributed by atoms with E-state index in [0.29, 0.717) is 0 Å². The summed E-state index contributed by atoms with van der Waals surface area (Å²) < 4.78 is 0. The second kappa shape index (κ2) is 7.63. The van der Waals surface area contributed by atoms with Crippen LogP contribution >= 0.6 is 0 Å². The van der Waals surface area contributed by atoms with E-state index in [1.165, 1.54) is 5.56 Å². The highest BCUT2D eigenvalue weighted by atomic mass is 14.9. The number of allylic oxidation sites excluding steroid dienone is 3. The third kappa shape index (κ3) is 4.45. The maximum Gasteiger partial charge on any atom is 0.0615 e. The summed E-state index contributed by atoms with van der Waals surface area (Å²) in [5.74, 6) is 0. The molecule has 2 nitrogen and oxygen atoms in total. The van der Waals surface area contributed by atoms with Gasteiger partial charge in [0.05, 0.1) is 6.04 Å². The number of anilines is 1. The van der Waals surface area contributed by atoms with Crippen molar-refractivity contribution in [3.05, 3.63) is 67.4 Å². The van der Waals surface area contributed by atoms with Gasteiger partial charge in [-0.25, -0.2) is 0 Å². The van der Waals surface area contributed by atoms with Crippen LogP contribution in [0.5, 0.6) is 0 Å². The van der Waals surface area contributed by atoms with Crippen LogP contribution in [-0.2, 0) is 5.41 Å². The summed E-state index contributed by atoms with van der Waals surface area (Å²) in [6, 6.07) is 8.57. The Balaban J connectivity index is 2.84. The zero-order valence-corrected chi connectivity index (χ0v) is 13.6. The molecule has 2 heteroatoms. The molecule has 0 bridgehead atoms. The first kappa shape index (κ1) is 17.0. The minimum absolute atomic E-state index is 0.187. The van der Waals surface area contributed by atoms with Gasteiger partial charge in [0.1, 0.15) is 0 Å². The molecule has 0 aliphatic carbocycles. The van der Waals surface area contributed by atoms with Gasteiger partial charge in [-0.15, -0.1) is 13.2 Å². The molecule has 1 N–H and O–H groups in total. The van der Waals surface area contributed by atoms with Gasteiger partial charge in [-0.05, 0) is 45.4 Å². The van der Waals surface area contributed by atoms with Crippen molar-refractivity contribution < 1.29 is 0 Å². The van der Waals surface area contributed by atoms with Gasteiger partial charge in [-0.2, -0.15) is 0 Å². The predicted molar refractivity (Wildman–Crippen MR) is 95.2 cm³/mol. The fourth-order valence-electron chi connectivity index (χ4n) is 1.90. The van der Waals surface area contributed by atoms with Crippen LogP contribution in [0.15, 0.2) is 66.8 Å². The van der Waals surface area contributed by atoms with E-state index < -0.39 is 0 Å². The van der Waals surface area contributed by atoms with Gasteiger partial charge in [0.15, 0.2) is 0 Å². The molecule has 1 unspecified atom stereocenters. The standard InChI is InChI=1S/C19H26N2/c1-7-14-20-15(4)16(5)21-18-12-10-17(11-13-18)19(6,8-2)9-3/h7-14,16,21H,2-3H2,1,4-6H3/b14-7-,20-15?. The van der Waals surface area contributed by atoms with Crippen molar-refractivity contribution in [1.82, 2.24) is 0 Å². The van der Waals surface area contributed by atoms with Gasteiger partial charge in [0.2, 0.25) is 0 Å². The van der Waals surface area contributed by atoms with Crippen molar-refractivity contribution in [2.75, 3.05) is 5.32 Å². The predicted octanol–water partition coefficient (Wildman–Crippen LogP) is 5.11. The first-order valence-corrected chi connectivity index (χ1v) is 7.26. The second-order valence-electron chi connectivity index (χ2n) is 5.39. The molecule has 0 spiro atoms. The molecule has 1 atom stereocenters. The first-order valence-electron chi connectivity index (χ1n) is 7.26. The van der Waals surface area contributed by atoms with E-state index in [1.807, 2.05) is 38.3 Å². The van der Waals surface area contributed by atoms with Crippen molar-refractivity contribution in [3.63, 3.8) is 0 Å². The molecule has 1 rings (SSSR count). The maximum absolute atomic E-state index is 4.37. The van der Waals surface area contributed by atoms with Crippen LogP contribution in [0.2, 0.25) is 0 Å². The summed E-state index contributed by atoms with van der Waals surface area (Å²) >= 11 is 0. The highest BCUT2D eigenvalue weighted by Gasteiger charge is 2.18. The van der Waals surface area contributed by atoms with Crippen LogP contribution in [0, 0.1) is 0 Å². The highest BCUT2D eigenvalue weighted by molar-refractivity contribution is 5.89. The third-order valence-electron chi connectivity index (χ3n) is 3.79. The van der Waals surface area contributed by atoms with Gasteiger partial charge < -0.3 is 5.32 Å². The molecular formula is C19H26N2. The summed E-state index contributed by atoms with van der Waals surface area (Å²) in [6.45, 7) is 16.0. The summed E-state index contributed by atoms with van der Waals surface area (Å²) in [5.41, 5.74) is 3.13. The Morgan fingerprint density at radius 2 is 1.81 bits per heavy atom. The van der Waals surface area contributed by atoms with Crippen molar-refractivity contribution in [2.24, 2.45) is 4.99 Å². The zero-order chi connectivity index (χ0) is 15.9. The van der Waals surface area contributed by atoms with E-state index in [9.17, 15) is 0 Å². The van der Waals surface area contributed by atoms with Crippen molar-refractivity contribution in [2.45, 2.75) is 39.2 Å². The number of aliphatic imine (C=N–C) groups is 1. The summed E-state index contributed by atoms with van der Waals surface area (Å²) in [5, 5.41) is 3.45. The molecule has 0 radical (unpaired) electrons. The van der Waals surface area contributed by atoms with Crippen LogP contribution < -0.4 is 5.32 Å². The van der Waals surface area contributed by atoms with E-state index in [1.54, 1.807) is 0 Å². The van der Waals surface area contributed by atoms with E-state index in [0.717, 1.165) is 11.4 Å². The number of hydrogen-bond acceptors (Lipinski definition) is 2. The molecule has 0 amide bonds. The lowest BCUT2D eigenvalue weighted by atomic mass is 9.83. The molecule has 0 aromatic heterocycles. The number of benzene rings is 1. The van der Waals surface area contributed by atoms with Gasteiger partial charge >= 0.3 is 0 Å². The van der Waals surface area contributed by atoms with Crippen LogP contribution in [0.4, 0.5) is 5.69 Å². The molecule has 0 heterocycles. The summed E-state index contributed by atoms with van der Waals surface area (Å²) in [6.07, 6.45) is 7.57. The molecule has 112 valence electrons.